The average Bonchev–Trinajstić information content (AvgIpc) is 3.14. The molecule has 1 aliphatic heterocycles. The predicted octanol–water partition coefficient (Wildman–Crippen LogP) is 2.61. The van der Waals surface area contributed by atoms with Gasteiger partial charge in [0.25, 0.3) is 0 Å². The van der Waals surface area contributed by atoms with Crippen molar-refractivity contribution in [1.29, 1.82) is 0 Å². The third-order valence-electron chi connectivity index (χ3n) is 6.45. The molecule has 0 bridgehead atoms. The van der Waals surface area contributed by atoms with Gasteiger partial charge in [-0.05, 0) is 49.7 Å². The summed E-state index contributed by atoms with van der Waals surface area (Å²) in [6.07, 6.45) is 7.87. The van der Waals surface area contributed by atoms with E-state index < -0.39 is 10.0 Å². The van der Waals surface area contributed by atoms with Crippen molar-refractivity contribution < 1.29 is 13.2 Å². The highest BCUT2D eigenvalue weighted by Crippen LogP contribution is 2.34. The summed E-state index contributed by atoms with van der Waals surface area (Å²) in [5, 5.41) is 0. The summed E-state index contributed by atoms with van der Waals surface area (Å²) in [7, 11) is -3.34. The highest BCUT2D eigenvalue weighted by atomic mass is 32.2. The van der Waals surface area contributed by atoms with Gasteiger partial charge in [-0.2, -0.15) is 0 Å². The molecule has 0 amide bonds. The SMILES string of the molecule is CS(=O)(=O)N[C@H]1CCN(c2cc[nH]c(=O)c2)[C@H]1COC1CCC(c2ccccc2)CC1. The standard InChI is InChI=1S/C23H31N3O4S/c1-31(28,29)25-21-12-14-26(19-11-13-24-23(27)15-19)22(21)16-30-20-9-7-18(8-10-20)17-5-3-2-4-6-17/h2-6,11,13,15,18,20-22,25H,7-10,12,14,16H2,1H3,(H,24,27)/t18?,20?,21-,22-/m0/s1. The van der Waals surface area contributed by atoms with Crippen molar-refractivity contribution in [3.05, 3.63) is 64.6 Å². The normalized spacial score (nSPS) is 26.8. The summed E-state index contributed by atoms with van der Waals surface area (Å²) in [4.78, 5) is 16.5. The van der Waals surface area contributed by atoms with E-state index in [9.17, 15) is 13.2 Å². The van der Waals surface area contributed by atoms with E-state index in [1.807, 2.05) is 12.1 Å². The maximum atomic E-state index is 11.9. The Hall–Kier alpha value is -2.16. The zero-order valence-corrected chi connectivity index (χ0v) is 18.7. The third kappa shape index (κ3) is 5.75. The Labute approximate surface area is 183 Å². The topological polar surface area (TPSA) is 91.5 Å². The van der Waals surface area contributed by atoms with E-state index in [-0.39, 0.29) is 23.7 Å². The van der Waals surface area contributed by atoms with Crippen molar-refractivity contribution in [3.63, 3.8) is 0 Å². The monoisotopic (exact) mass is 445 g/mol. The molecule has 168 valence electrons. The maximum Gasteiger partial charge on any atom is 0.249 e. The van der Waals surface area contributed by atoms with Gasteiger partial charge in [-0.25, -0.2) is 13.1 Å². The number of ether oxygens (including phenoxy) is 1. The van der Waals surface area contributed by atoms with Crippen molar-refractivity contribution in [2.24, 2.45) is 0 Å². The van der Waals surface area contributed by atoms with Crippen molar-refractivity contribution in [2.75, 3.05) is 24.3 Å². The summed E-state index contributed by atoms with van der Waals surface area (Å²) in [5.41, 5.74) is 2.02. The number of nitrogens with zero attached hydrogens (tertiary/aromatic N) is 1. The molecule has 2 heterocycles. The van der Waals surface area contributed by atoms with Crippen molar-refractivity contribution >= 4 is 15.7 Å². The van der Waals surface area contributed by atoms with Gasteiger partial charge >= 0.3 is 0 Å². The molecule has 2 fully saturated rings. The fourth-order valence-corrected chi connectivity index (χ4v) is 5.75. The number of benzene rings is 1. The molecule has 4 rings (SSSR count). The van der Waals surface area contributed by atoms with E-state index >= 15 is 0 Å². The van der Waals surface area contributed by atoms with Gasteiger partial charge in [0.1, 0.15) is 0 Å². The van der Waals surface area contributed by atoms with Crippen molar-refractivity contribution in [3.8, 4) is 0 Å². The number of rotatable bonds is 7. The second kappa shape index (κ2) is 9.54. The molecule has 1 aromatic carbocycles. The van der Waals surface area contributed by atoms with Crippen LogP contribution < -0.4 is 15.2 Å². The molecule has 8 heteroatoms. The van der Waals surface area contributed by atoms with Crippen LogP contribution in [-0.2, 0) is 14.8 Å². The second-order valence-electron chi connectivity index (χ2n) is 8.67. The lowest BCUT2D eigenvalue weighted by atomic mass is 9.83. The Morgan fingerprint density at radius 1 is 1.10 bits per heavy atom. The van der Waals surface area contributed by atoms with Crippen LogP contribution in [0.2, 0.25) is 0 Å². The number of anilines is 1. The van der Waals surface area contributed by atoms with Gasteiger partial charge in [0, 0.05) is 30.5 Å². The van der Waals surface area contributed by atoms with Crippen LogP contribution in [0.25, 0.3) is 0 Å². The first-order chi connectivity index (χ1) is 14.9. The van der Waals surface area contributed by atoms with Gasteiger partial charge in [-0.3, -0.25) is 4.79 Å². The number of aromatic nitrogens is 1. The molecule has 2 N–H and O–H groups in total. The van der Waals surface area contributed by atoms with E-state index in [1.165, 1.54) is 11.8 Å². The van der Waals surface area contributed by atoms with E-state index in [0.29, 0.717) is 25.5 Å². The molecular formula is C23H31N3O4S. The summed E-state index contributed by atoms with van der Waals surface area (Å²) in [5.74, 6) is 0.583. The molecule has 0 spiro atoms. The van der Waals surface area contributed by atoms with Gasteiger partial charge in [0.05, 0.1) is 25.0 Å². The molecule has 0 unspecified atom stereocenters. The van der Waals surface area contributed by atoms with Crippen LogP contribution in [0.15, 0.2) is 53.5 Å². The summed E-state index contributed by atoms with van der Waals surface area (Å²) < 4.78 is 32.8. The highest BCUT2D eigenvalue weighted by Gasteiger charge is 2.37. The van der Waals surface area contributed by atoms with Crippen LogP contribution in [0.3, 0.4) is 0 Å². The second-order valence-corrected chi connectivity index (χ2v) is 10.5. The summed E-state index contributed by atoms with van der Waals surface area (Å²) >= 11 is 0. The molecule has 2 aromatic rings. The Balaban J connectivity index is 1.40. The molecule has 0 radical (unpaired) electrons. The smallest absolute Gasteiger partial charge is 0.249 e. The first-order valence-corrected chi connectivity index (χ1v) is 12.9. The van der Waals surface area contributed by atoms with E-state index in [0.717, 1.165) is 31.4 Å². The summed E-state index contributed by atoms with van der Waals surface area (Å²) in [6, 6.07) is 13.7. The molecule has 2 atom stereocenters. The minimum Gasteiger partial charge on any atom is -0.376 e. The molecule has 7 nitrogen and oxygen atoms in total. The van der Waals surface area contributed by atoms with E-state index in [1.54, 1.807) is 12.3 Å². The Bertz CT molecular complexity index is 1020. The fourth-order valence-electron chi connectivity index (χ4n) is 4.93. The van der Waals surface area contributed by atoms with Gasteiger partial charge in [-0.15, -0.1) is 0 Å². The van der Waals surface area contributed by atoms with Crippen LogP contribution in [-0.4, -0.2) is 51.0 Å². The first kappa shape index (κ1) is 22.0. The van der Waals surface area contributed by atoms with Crippen LogP contribution in [0, 0.1) is 0 Å². The maximum absolute atomic E-state index is 11.9. The lowest BCUT2D eigenvalue weighted by Gasteiger charge is -2.33. The van der Waals surface area contributed by atoms with Gasteiger partial charge in [0.15, 0.2) is 0 Å². The number of hydrogen-bond acceptors (Lipinski definition) is 5. The van der Waals surface area contributed by atoms with Gasteiger partial charge in [0.2, 0.25) is 15.6 Å². The number of sulfonamides is 1. The molecule has 1 saturated heterocycles. The van der Waals surface area contributed by atoms with Crippen LogP contribution in [0.5, 0.6) is 0 Å². The minimum atomic E-state index is -3.34. The molecule has 2 aliphatic rings. The molecule has 31 heavy (non-hydrogen) atoms. The predicted molar refractivity (Wildman–Crippen MR) is 122 cm³/mol. The lowest BCUT2D eigenvalue weighted by molar-refractivity contribution is 0.0157. The molecule has 1 saturated carbocycles. The van der Waals surface area contributed by atoms with Gasteiger partial charge < -0.3 is 14.6 Å². The number of aromatic amines is 1. The van der Waals surface area contributed by atoms with Crippen molar-refractivity contribution in [2.45, 2.75) is 56.2 Å². The number of hydrogen-bond donors (Lipinski definition) is 2. The minimum absolute atomic E-state index is 0.150. The van der Waals surface area contributed by atoms with Crippen LogP contribution in [0.4, 0.5) is 5.69 Å². The highest BCUT2D eigenvalue weighted by molar-refractivity contribution is 7.88. The lowest BCUT2D eigenvalue weighted by Crippen LogP contribution is -2.48. The Morgan fingerprint density at radius 2 is 1.84 bits per heavy atom. The number of H-pyrrole nitrogens is 1. The van der Waals surface area contributed by atoms with Gasteiger partial charge in [-0.1, -0.05) is 30.3 Å². The Morgan fingerprint density at radius 3 is 2.52 bits per heavy atom. The number of nitrogens with one attached hydrogen (secondary N) is 2. The first-order valence-electron chi connectivity index (χ1n) is 11.0. The van der Waals surface area contributed by atoms with E-state index in [4.69, 9.17) is 4.74 Å². The molecular weight excluding hydrogens is 414 g/mol. The van der Waals surface area contributed by atoms with Crippen LogP contribution >= 0.6 is 0 Å². The van der Waals surface area contributed by atoms with Crippen molar-refractivity contribution in [1.82, 2.24) is 9.71 Å². The quantitative estimate of drug-likeness (QED) is 0.684. The average molecular weight is 446 g/mol. The molecule has 1 aromatic heterocycles. The Kier molecular flexibility index (Phi) is 6.79. The zero-order valence-electron chi connectivity index (χ0n) is 17.9. The van der Waals surface area contributed by atoms with E-state index in [2.05, 4.69) is 38.9 Å². The summed E-state index contributed by atoms with van der Waals surface area (Å²) in [6.45, 7) is 1.10. The largest absolute Gasteiger partial charge is 0.376 e. The fraction of sp³-hybridized carbons (Fsp3) is 0.522. The molecule has 1 aliphatic carbocycles. The van der Waals surface area contributed by atoms with Crippen LogP contribution in [0.1, 0.15) is 43.6 Å². The number of pyridine rings is 1. The third-order valence-corrected chi connectivity index (χ3v) is 7.18. The zero-order chi connectivity index (χ0) is 21.8.